The summed E-state index contributed by atoms with van der Waals surface area (Å²) in [4.78, 5) is 39.4. The average Bonchev–Trinajstić information content (AvgIpc) is 2.83. The fourth-order valence-electron chi connectivity index (χ4n) is 4.64. The number of ether oxygens (including phenoxy) is 1. The Morgan fingerprint density at radius 1 is 1.27 bits per heavy atom. The third kappa shape index (κ3) is 6.68. The summed E-state index contributed by atoms with van der Waals surface area (Å²) in [5.74, 6) is -0.619. The van der Waals surface area contributed by atoms with Crippen LogP contribution < -0.4 is 10.6 Å². The zero-order chi connectivity index (χ0) is 26.5. The summed E-state index contributed by atoms with van der Waals surface area (Å²) in [6.07, 6.45) is 6.00. The third-order valence-electron chi connectivity index (χ3n) is 6.81. The second-order valence-electron chi connectivity index (χ2n) is 9.38. The van der Waals surface area contributed by atoms with Gasteiger partial charge in [0.25, 0.3) is 11.6 Å². The number of rotatable bonds is 11. The predicted molar refractivity (Wildman–Crippen MR) is 138 cm³/mol. The van der Waals surface area contributed by atoms with Gasteiger partial charge in [0.15, 0.2) is 0 Å². The highest BCUT2D eigenvalue weighted by Crippen LogP contribution is 2.35. The van der Waals surface area contributed by atoms with Crippen LogP contribution in [0.5, 0.6) is 0 Å². The number of nitrogens with zero attached hydrogens (tertiary/aromatic N) is 2. The molecule has 2 aliphatic rings. The molecule has 0 bridgehead atoms. The van der Waals surface area contributed by atoms with Gasteiger partial charge in [-0.05, 0) is 62.1 Å². The summed E-state index contributed by atoms with van der Waals surface area (Å²) >= 11 is 12.0. The van der Waals surface area contributed by atoms with Crippen molar-refractivity contribution in [3.63, 3.8) is 0 Å². The molecule has 0 saturated heterocycles. The van der Waals surface area contributed by atoms with Gasteiger partial charge >= 0.3 is 5.97 Å². The number of carbonyl (C=O) groups excluding carboxylic acids is 1. The molecule has 12 heteroatoms. The third-order valence-corrected chi connectivity index (χ3v) is 7.51. The summed E-state index contributed by atoms with van der Waals surface area (Å²) < 4.78 is 5.82. The fourth-order valence-corrected chi connectivity index (χ4v) is 5.25. The first-order valence-electron chi connectivity index (χ1n) is 12.2. The molecule has 37 heavy (non-hydrogen) atoms. The van der Waals surface area contributed by atoms with Gasteiger partial charge in [-0.2, -0.15) is 0 Å². The van der Waals surface area contributed by atoms with Crippen LogP contribution in [0.4, 0.5) is 11.5 Å². The molecule has 1 atom stereocenters. The van der Waals surface area contributed by atoms with Gasteiger partial charge in [0, 0.05) is 31.3 Å². The van der Waals surface area contributed by atoms with Gasteiger partial charge in [-0.25, -0.2) is 9.78 Å². The van der Waals surface area contributed by atoms with Crippen molar-refractivity contribution in [2.45, 2.75) is 57.1 Å². The molecule has 0 unspecified atom stereocenters. The monoisotopic (exact) mass is 550 g/mol. The summed E-state index contributed by atoms with van der Waals surface area (Å²) in [6.45, 7) is 1.11. The number of aliphatic carboxylic acids is 1. The second-order valence-corrected chi connectivity index (χ2v) is 10.2. The number of amides is 1. The van der Waals surface area contributed by atoms with E-state index in [1.54, 1.807) is 0 Å². The number of carbonyl (C=O) groups is 2. The molecular formula is C25H28Cl2N4O6. The van der Waals surface area contributed by atoms with Gasteiger partial charge in [0.1, 0.15) is 16.9 Å². The van der Waals surface area contributed by atoms with Crippen LogP contribution >= 0.6 is 23.2 Å². The van der Waals surface area contributed by atoms with E-state index in [9.17, 15) is 24.8 Å². The van der Waals surface area contributed by atoms with Crippen molar-refractivity contribution < 1.29 is 24.4 Å². The number of nitro groups is 1. The molecule has 10 nitrogen and oxygen atoms in total. The Kier molecular flexibility index (Phi) is 8.83. The van der Waals surface area contributed by atoms with Crippen molar-refractivity contribution in [2.24, 2.45) is 5.92 Å². The van der Waals surface area contributed by atoms with Crippen LogP contribution in [0.25, 0.3) is 0 Å². The van der Waals surface area contributed by atoms with E-state index in [1.807, 2.05) is 0 Å². The number of nitro benzene ring substituents is 1. The summed E-state index contributed by atoms with van der Waals surface area (Å²) in [5.41, 5.74) is 1.53. The number of hydrogen-bond donors (Lipinski definition) is 3. The SMILES string of the molecule is O=C(N[C@@H](CCOC1CC(CCc2ccc3c(n2)NCCC3)C1)C(=O)O)c1c(Cl)ccc([N+](=O)[O-])c1Cl. The summed E-state index contributed by atoms with van der Waals surface area (Å²) in [7, 11) is 0. The molecule has 198 valence electrons. The first-order valence-corrected chi connectivity index (χ1v) is 13.0. The maximum absolute atomic E-state index is 12.6. The molecule has 1 aromatic heterocycles. The van der Waals surface area contributed by atoms with Gasteiger partial charge in [-0.1, -0.05) is 29.3 Å². The number of aromatic nitrogens is 1. The predicted octanol–water partition coefficient (Wildman–Crippen LogP) is 4.66. The van der Waals surface area contributed by atoms with Crippen molar-refractivity contribution in [2.75, 3.05) is 18.5 Å². The molecule has 1 aliphatic heterocycles. The molecule has 4 rings (SSSR count). The van der Waals surface area contributed by atoms with Crippen LogP contribution in [0.2, 0.25) is 10.0 Å². The molecule has 2 aromatic rings. The Hall–Kier alpha value is -2.95. The van der Waals surface area contributed by atoms with Crippen LogP contribution in [0, 0.1) is 16.0 Å². The highest BCUT2D eigenvalue weighted by Gasteiger charge is 2.31. The highest BCUT2D eigenvalue weighted by atomic mass is 35.5. The highest BCUT2D eigenvalue weighted by molar-refractivity contribution is 6.41. The summed E-state index contributed by atoms with van der Waals surface area (Å²) in [6, 6.07) is 5.25. The van der Waals surface area contributed by atoms with E-state index >= 15 is 0 Å². The number of benzene rings is 1. The van der Waals surface area contributed by atoms with Crippen LogP contribution in [-0.4, -0.2) is 52.2 Å². The Balaban J connectivity index is 1.20. The number of nitrogens with one attached hydrogen (secondary N) is 2. The van der Waals surface area contributed by atoms with E-state index in [2.05, 4.69) is 22.8 Å². The Morgan fingerprint density at radius 2 is 2.05 bits per heavy atom. The molecule has 0 radical (unpaired) electrons. The van der Waals surface area contributed by atoms with E-state index in [0.717, 1.165) is 62.6 Å². The number of carboxylic acids is 1. The van der Waals surface area contributed by atoms with Crippen molar-refractivity contribution >= 4 is 46.6 Å². The number of aryl methyl sites for hydroxylation is 2. The first-order chi connectivity index (χ1) is 17.7. The van der Waals surface area contributed by atoms with Gasteiger partial charge in [0.2, 0.25) is 0 Å². The zero-order valence-corrected chi connectivity index (χ0v) is 21.6. The van der Waals surface area contributed by atoms with Gasteiger partial charge in [-0.15, -0.1) is 0 Å². The fraction of sp³-hybridized carbons (Fsp3) is 0.480. The minimum absolute atomic E-state index is 0.0262. The minimum atomic E-state index is -1.27. The van der Waals surface area contributed by atoms with Crippen molar-refractivity contribution in [3.05, 3.63) is 61.2 Å². The van der Waals surface area contributed by atoms with Crippen molar-refractivity contribution in [3.8, 4) is 0 Å². The molecule has 1 fully saturated rings. The van der Waals surface area contributed by atoms with Crippen molar-refractivity contribution in [1.29, 1.82) is 0 Å². The number of pyridine rings is 1. The van der Waals surface area contributed by atoms with Crippen LogP contribution in [-0.2, 0) is 22.4 Å². The molecule has 3 N–H and O–H groups in total. The Labute approximate surface area is 223 Å². The van der Waals surface area contributed by atoms with E-state index < -0.39 is 33.6 Å². The number of halogens is 2. The summed E-state index contributed by atoms with van der Waals surface area (Å²) in [5, 5.41) is 25.8. The Morgan fingerprint density at radius 3 is 2.78 bits per heavy atom. The lowest BCUT2D eigenvalue weighted by Gasteiger charge is -2.35. The maximum atomic E-state index is 12.6. The Bertz CT molecular complexity index is 1190. The largest absolute Gasteiger partial charge is 0.480 e. The van der Waals surface area contributed by atoms with E-state index in [1.165, 1.54) is 11.6 Å². The lowest BCUT2D eigenvalue weighted by Crippen LogP contribution is -2.42. The first kappa shape index (κ1) is 27.1. The molecule has 0 spiro atoms. The molecule has 1 saturated carbocycles. The molecule has 1 amide bonds. The van der Waals surface area contributed by atoms with E-state index in [4.69, 9.17) is 32.9 Å². The number of carboxylic acid groups (broad SMARTS) is 1. The van der Waals surface area contributed by atoms with E-state index in [0.29, 0.717) is 5.92 Å². The number of fused-ring (bicyclic) bond motifs is 1. The molecule has 1 aliphatic carbocycles. The van der Waals surface area contributed by atoms with Crippen LogP contribution in [0.1, 0.15) is 53.7 Å². The molecule has 2 heterocycles. The van der Waals surface area contributed by atoms with Crippen LogP contribution in [0.15, 0.2) is 24.3 Å². The molecular weight excluding hydrogens is 523 g/mol. The lowest BCUT2D eigenvalue weighted by atomic mass is 9.79. The molecule has 1 aromatic carbocycles. The minimum Gasteiger partial charge on any atom is -0.480 e. The van der Waals surface area contributed by atoms with Gasteiger partial charge < -0.3 is 20.5 Å². The smallest absolute Gasteiger partial charge is 0.326 e. The number of anilines is 1. The topological polar surface area (TPSA) is 144 Å². The lowest BCUT2D eigenvalue weighted by molar-refractivity contribution is -0.384. The van der Waals surface area contributed by atoms with Crippen LogP contribution in [0.3, 0.4) is 0 Å². The maximum Gasteiger partial charge on any atom is 0.326 e. The van der Waals surface area contributed by atoms with Gasteiger partial charge in [0.05, 0.1) is 21.6 Å². The second kappa shape index (κ2) is 12.1. The quantitative estimate of drug-likeness (QED) is 0.270. The van der Waals surface area contributed by atoms with Crippen molar-refractivity contribution in [1.82, 2.24) is 10.3 Å². The zero-order valence-electron chi connectivity index (χ0n) is 20.0. The number of hydrogen-bond acceptors (Lipinski definition) is 7. The van der Waals surface area contributed by atoms with Gasteiger partial charge in [-0.3, -0.25) is 14.9 Å². The van der Waals surface area contributed by atoms with E-state index in [-0.39, 0.29) is 29.7 Å². The standard InChI is InChI=1S/C25H28Cl2N4O6/c26-18-7-8-20(31(35)36)22(27)21(18)24(32)30-19(25(33)34)9-11-37-17-12-14(13-17)3-5-16-6-4-15-2-1-10-28-23(15)29-16/h4,6-8,14,17,19H,1-3,5,9-13H2,(H,28,29)(H,30,32)(H,33,34)/t14?,17?,19-/m0/s1. The average molecular weight is 551 g/mol. The normalized spacial score (nSPS) is 19.2.